The van der Waals surface area contributed by atoms with Crippen molar-refractivity contribution in [1.82, 2.24) is 0 Å². The van der Waals surface area contributed by atoms with E-state index in [4.69, 9.17) is 37.0 Å². The molecule has 0 aliphatic rings. The van der Waals surface area contributed by atoms with Crippen molar-refractivity contribution >= 4 is 39.5 Å². The van der Waals surface area contributed by atoms with Gasteiger partial charge < -0.3 is 33.8 Å². The Morgan fingerprint density at radius 1 is 0.354 bits per heavy atom. The molecule has 0 radical (unpaired) electrons. The fourth-order valence-corrected chi connectivity index (χ4v) is 10.9. The van der Waals surface area contributed by atoms with Gasteiger partial charge in [0.25, 0.3) is 0 Å². The maximum absolute atomic E-state index is 13.0. The molecular formula is C63H122O17P2. The number of carbonyl (C=O) groups is 4. The quantitative estimate of drug-likeness (QED) is 0.0222. The third-order valence-corrected chi connectivity index (χ3v) is 16.7. The van der Waals surface area contributed by atoms with Gasteiger partial charge in [-0.25, -0.2) is 9.13 Å². The van der Waals surface area contributed by atoms with Crippen LogP contribution in [0.4, 0.5) is 0 Å². The van der Waals surface area contributed by atoms with Gasteiger partial charge in [-0.1, -0.05) is 260 Å². The molecule has 0 aromatic carbocycles. The number of aliphatic hydroxyl groups is 1. The van der Waals surface area contributed by atoms with Crippen LogP contribution < -0.4 is 0 Å². The number of aliphatic hydroxyl groups excluding tert-OH is 1. The van der Waals surface area contributed by atoms with Gasteiger partial charge >= 0.3 is 39.5 Å². The van der Waals surface area contributed by atoms with Crippen molar-refractivity contribution in [2.75, 3.05) is 39.6 Å². The van der Waals surface area contributed by atoms with Crippen LogP contribution in [0.3, 0.4) is 0 Å². The highest BCUT2D eigenvalue weighted by Crippen LogP contribution is 2.45. The largest absolute Gasteiger partial charge is 0.472 e. The normalized spacial score (nSPS) is 14.7. The minimum atomic E-state index is -4.94. The Morgan fingerprint density at radius 2 is 0.622 bits per heavy atom. The average Bonchev–Trinajstić information content (AvgIpc) is 3.44. The smallest absolute Gasteiger partial charge is 0.462 e. The van der Waals surface area contributed by atoms with Crippen LogP contribution >= 0.6 is 15.6 Å². The Morgan fingerprint density at radius 3 is 0.927 bits per heavy atom. The van der Waals surface area contributed by atoms with Gasteiger partial charge in [0.05, 0.1) is 26.4 Å². The second-order valence-electron chi connectivity index (χ2n) is 23.5. The molecule has 3 unspecified atom stereocenters. The summed E-state index contributed by atoms with van der Waals surface area (Å²) in [5.41, 5.74) is 0. The lowest BCUT2D eigenvalue weighted by molar-refractivity contribution is -0.161. The highest BCUT2D eigenvalue weighted by Gasteiger charge is 2.30. The third kappa shape index (κ3) is 55.9. The lowest BCUT2D eigenvalue weighted by atomic mass is 10.00. The molecule has 0 saturated heterocycles. The summed E-state index contributed by atoms with van der Waals surface area (Å²) in [5, 5.41) is 10.5. The second kappa shape index (κ2) is 55.6. The predicted molar refractivity (Wildman–Crippen MR) is 326 cm³/mol. The van der Waals surface area contributed by atoms with Gasteiger partial charge in [-0.3, -0.25) is 37.3 Å². The van der Waals surface area contributed by atoms with Gasteiger partial charge in [0.15, 0.2) is 12.2 Å². The lowest BCUT2D eigenvalue weighted by Gasteiger charge is -2.21. The van der Waals surface area contributed by atoms with E-state index in [9.17, 15) is 43.2 Å². The van der Waals surface area contributed by atoms with Crippen LogP contribution in [-0.2, 0) is 65.4 Å². The van der Waals surface area contributed by atoms with E-state index in [1.165, 1.54) is 122 Å². The van der Waals surface area contributed by atoms with Gasteiger partial charge in [-0.05, 0) is 37.5 Å². The van der Waals surface area contributed by atoms with Crippen molar-refractivity contribution in [3.8, 4) is 0 Å². The van der Waals surface area contributed by atoms with E-state index in [2.05, 4.69) is 41.5 Å². The number of ether oxygens (including phenoxy) is 4. The minimum Gasteiger partial charge on any atom is -0.462 e. The molecule has 0 aliphatic carbocycles. The van der Waals surface area contributed by atoms with Gasteiger partial charge in [-0.2, -0.15) is 0 Å². The monoisotopic (exact) mass is 1210 g/mol. The molecule has 0 aliphatic heterocycles. The van der Waals surface area contributed by atoms with Crippen LogP contribution in [0.5, 0.6) is 0 Å². The molecule has 0 aromatic heterocycles. The van der Waals surface area contributed by atoms with E-state index in [0.29, 0.717) is 31.6 Å². The van der Waals surface area contributed by atoms with Crippen LogP contribution in [0.25, 0.3) is 0 Å². The molecule has 0 aromatic rings. The van der Waals surface area contributed by atoms with Crippen molar-refractivity contribution in [2.24, 2.45) is 11.8 Å². The molecule has 486 valence electrons. The van der Waals surface area contributed by atoms with Crippen molar-refractivity contribution in [1.29, 1.82) is 0 Å². The van der Waals surface area contributed by atoms with Crippen LogP contribution in [-0.4, -0.2) is 96.7 Å². The Kier molecular flexibility index (Phi) is 54.3. The first-order valence-electron chi connectivity index (χ1n) is 33.0. The van der Waals surface area contributed by atoms with E-state index in [1.807, 2.05) is 0 Å². The Hall–Kier alpha value is -1.94. The number of hydrogen-bond acceptors (Lipinski definition) is 15. The predicted octanol–water partition coefficient (Wildman–Crippen LogP) is 17.3. The fourth-order valence-electron chi connectivity index (χ4n) is 9.32. The lowest BCUT2D eigenvalue weighted by Crippen LogP contribution is -2.30. The fraction of sp³-hybridized carbons (Fsp3) is 0.937. The average molecular weight is 1210 g/mol. The maximum Gasteiger partial charge on any atom is 0.472 e. The highest BCUT2D eigenvalue weighted by molar-refractivity contribution is 7.47. The zero-order chi connectivity index (χ0) is 60.8. The highest BCUT2D eigenvalue weighted by atomic mass is 31.2. The topological polar surface area (TPSA) is 237 Å². The zero-order valence-electron chi connectivity index (χ0n) is 52.8. The summed E-state index contributed by atoms with van der Waals surface area (Å²) < 4.78 is 67.9. The molecule has 0 heterocycles. The van der Waals surface area contributed by atoms with E-state index in [-0.39, 0.29) is 25.7 Å². The second-order valence-corrected chi connectivity index (χ2v) is 26.4. The van der Waals surface area contributed by atoms with E-state index >= 15 is 0 Å². The van der Waals surface area contributed by atoms with Crippen molar-refractivity contribution in [3.63, 3.8) is 0 Å². The molecule has 0 spiro atoms. The summed E-state index contributed by atoms with van der Waals surface area (Å²) in [6, 6.07) is 0. The first-order valence-corrected chi connectivity index (χ1v) is 36.0. The van der Waals surface area contributed by atoms with Gasteiger partial charge in [0, 0.05) is 25.7 Å². The number of unbranched alkanes of at least 4 members (excludes halogenated alkanes) is 31. The zero-order valence-corrected chi connectivity index (χ0v) is 54.6. The molecule has 0 rings (SSSR count). The molecule has 0 saturated carbocycles. The SMILES string of the molecule is CCCCCCCCCCCCCCC(=O)O[C@H](COC(=O)CCCCCCCCCCCCC)COP(=O)(O)OC[C@@H](O)COP(=O)(O)OC[C@@H](COC(=O)CCCCCCCCC(C)C)OC(=O)CCCCCCCCC(C)CC. The van der Waals surface area contributed by atoms with Crippen molar-refractivity contribution in [2.45, 2.75) is 330 Å². The summed E-state index contributed by atoms with van der Waals surface area (Å²) in [5.74, 6) is -0.738. The molecule has 0 fully saturated rings. The van der Waals surface area contributed by atoms with Gasteiger partial charge in [0.2, 0.25) is 0 Å². The van der Waals surface area contributed by atoms with Crippen LogP contribution in [0.1, 0.15) is 311 Å². The number of phosphoric acid groups is 2. The van der Waals surface area contributed by atoms with Crippen LogP contribution in [0.15, 0.2) is 0 Å². The number of esters is 4. The standard InChI is InChI=1S/C63H122O17P2/c1-7-10-12-14-16-18-20-22-24-26-35-41-47-62(67)79-58(51-73-60(65)45-39-33-25-23-21-19-17-15-13-11-8-2)53-77-81(69,70)75-49-57(64)50-76-82(71,72)78-54-59(52-74-61(66)46-40-34-29-27-31-37-43-55(4)5)80-63(68)48-42-36-30-28-32-38-44-56(6)9-3/h55-59,64H,7-54H2,1-6H3,(H,69,70)(H,71,72)/t56?,57-,58-,59-/m1/s1. The van der Waals surface area contributed by atoms with E-state index < -0.39 is 97.5 Å². The summed E-state index contributed by atoms with van der Waals surface area (Å²) in [7, 11) is -9.88. The first-order chi connectivity index (χ1) is 39.4. The number of rotatable bonds is 62. The Balaban J connectivity index is 5.25. The molecule has 82 heavy (non-hydrogen) atoms. The molecule has 19 heteroatoms. The molecule has 6 atom stereocenters. The van der Waals surface area contributed by atoms with Crippen LogP contribution in [0, 0.1) is 11.8 Å². The minimum absolute atomic E-state index is 0.102. The van der Waals surface area contributed by atoms with Crippen molar-refractivity contribution < 1.29 is 80.2 Å². The number of carbonyl (C=O) groups excluding carboxylic acids is 4. The number of phosphoric ester groups is 2. The van der Waals surface area contributed by atoms with Crippen LogP contribution in [0.2, 0.25) is 0 Å². The number of hydrogen-bond donors (Lipinski definition) is 3. The maximum atomic E-state index is 13.0. The summed E-state index contributed by atoms with van der Waals surface area (Å²) in [6.45, 7) is 9.35. The van der Waals surface area contributed by atoms with Gasteiger partial charge in [-0.15, -0.1) is 0 Å². The third-order valence-electron chi connectivity index (χ3n) is 14.8. The molecule has 0 amide bonds. The van der Waals surface area contributed by atoms with E-state index in [1.54, 1.807) is 0 Å². The summed E-state index contributed by atoms with van der Waals surface area (Å²) >= 11 is 0. The molecule has 0 bridgehead atoms. The molecule has 17 nitrogen and oxygen atoms in total. The van der Waals surface area contributed by atoms with Gasteiger partial charge in [0.1, 0.15) is 19.3 Å². The Bertz CT molecular complexity index is 1620. The van der Waals surface area contributed by atoms with E-state index in [0.717, 1.165) is 102 Å². The van der Waals surface area contributed by atoms with Crippen molar-refractivity contribution in [3.05, 3.63) is 0 Å². The summed E-state index contributed by atoms with van der Waals surface area (Å²) in [6.07, 6.45) is 37.6. The summed E-state index contributed by atoms with van der Waals surface area (Å²) in [4.78, 5) is 72.1. The molecular weight excluding hydrogens is 1090 g/mol. The first kappa shape index (κ1) is 80.1. The Labute approximate surface area is 498 Å². The molecule has 3 N–H and O–H groups in total.